The fourth-order valence-corrected chi connectivity index (χ4v) is 6.52. The highest BCUT2D eigenvalue weighted by atomic mass is 35.5. The van der Waals surface area contributed by atoms with Gasteiger partial charge in [-0.05, 0) is 85.6 Å². The van der Waals surface area contributed by atoms with E-state index in [1.54, 1.807) is 18.6 Å². The van der Waals surface area contributed by atoms with Gasteiger partial charge in [-0.15, -0.1) is 0 Å². The molecule has 0 amide bonds. The Bertz CT molecular complexity index is 839. The second-order valence-corrected chi connectivity index (χ2v) is 9.17. The van der Waals surface area contributed by atoms with Gasteiger partial charge in [-0.1, -0.05) is 23.7 Å². The number of benzene rings is 1. The number of hydrogen-bond donors (Lipinski definition) is 1. The van der Waals surface area contributed by atoms with E-state index in [0.29, 0.717) is 17.6 Å². The Morgan fingerprint density at radius 3 is 2.54 bits per heavy atom. The minimum absolute atomic E-state index is 0.159. The average molecular weight is 367 g/mol. The van der Waals surface area contributed by atoms with E-state index in [1.165, 1.54) is 24.8 Å². The largest absolute Gasteiger partial charge is 0.345 e. The fraction of sp³-hybridized carbons (Fsp3) is 0.455. The molecule has 4 saturated carbocycles. The number of rotatable bonds is 4. The first kappa shape index (κ1) is 16.3. The molecule has 4 aliphatic carbocycles. The van der Waals surface area contributed by atoms with Crippen LogP contribution in [0.4, 0.5) is 0 Å². The molecule has 4 aliphatic rings. The van der Waals surface area contributed by atoms with Gasteiger partial charge >= 0.3 is 0 Å². The smallest absolute Gasteiger partial charge is 0.161 e. The predicted molar refractivity (Wildman–Crippen MR) is 103 cm³/mol. The zero-order valence-corrected chi connectivity index (χ0v) is 15.5. The van der Waals surface area contributed by atoms with Crippen molar-refractivity contribution >= 4 is 23.5 Å². The van der Waals surface area contributed by atoms with E-state index in [9.17, 15) is 4.79 Å². The third kappa shape index (κ3) is 2.56. The molecule has 3 nitrogen and oxygen atoms in total. The van der Waals surface area contributed by atoms with Crippen LogP contribution < -0.4 is 0 Å². The van der Waals surface area contributed by atoms with Crippen molar-refractivity contribution in [2.75, 3.05) is 0 Å². The van der Waals surface area contributed by atoms with Gasteiger partial charge in [0.15, 0.2) is 5.78 Å². The highest BCUT2D eigenvalue weighted by Gasteiger charge is 2.60. The summed E-state index contributed by atoms with van der Waals surface area (Å²) in [6.07, 6.45) is 13.9. The second kappa shape index (κ2) is 5.82. The zero-order valence-electron chi connectivity index (χ0n) is 14.7. The summed E-state index contributed by atoms with van der Waals surface area (Å²) >= 11 is 6.12. The lowest BCUT2D eigenvalue weighted by Gasteiger charge is -2.61. The highest BCUT2D eigenvalue weighted by Crippen LogP contribution is 2.66. The van der Waals surface area contributed by atoms with E-state index in [-0.39, 0.29) is 10.8 Å². The van der Waals surface area contributed by atoms with Gasteiger partial charge in [-0.2, -0.15) is 0 Å². The number of halogens is 1. The maximum absolute atomic E-state index is 13.3. The number of imidazole rings is 1. The maximum Gasteiger partial charge on any atom is 0.161 e. The molecule has 0 saturated heterocycles. The van der Waals surface area contributed by atoms with Gasteiger partial charge in [0.2, 0.25) is 0 Å². The van der Waals surface area contributed by atoms with Crippen LogP contribution in [0.2, 0.25) is 5.02 Å². The molecule has 1 aromatic heterocycles. The van der Waals surface area contributed by atoms with Crippen LogP contribution in [-0.4, -0.2) is 15.8 Å². The van der Waals surface area contributed by atoms with Crippen molar-refractivity contribution in [3.05, 3.63) is 59.1 Å². The molecule has 2 aromatic rings. The maximum atomic E-state index is 13.3. The fourth-order valence-electron chi connectivity index (χ4n) is 6.39. The summed E-state index contributed by atoms with van der Waals surface area (Å²) in [5.41, 5.74) is 2.24. The highest BCUT2D eigenvalue weighted by molar-refractivity contribution is 6.30. The molecule has 2 unspecified atom stereocenters. The van der Waals surface area contributed by atoms with E-state index in [4.69, 9.17) is 11.6 Å². The van der Waals surface area contributed by atoms with Crippen LogP contribution in [0.1, 0.15) is 49.8 Å². The second-order valence-electron chi connectivity index (χ2n) is 8.73. The number of carbonyl (C=O) groups is 1. The summed E-state index contributed by atoms with van der Waals surface area (Å²) in [7, 11) is 0. The Labute approximate surface area is 158 Å². The molecule has 1 heterocycles. The van der Waals surface area contributed by atoms with Crippen LogP contribution in [0.3, 0.4) is 0 Å². The quantitative estimate of drug-likeness (QED) is 0.757. The van der Waals surface area contributed by atoms with Crippen LogP contribution >= 0.6 is 11.6 Å². The molecular formula is C22H23ClN2O. The van der Waals surface area contributed by atoms with Crippen molar-refractivity contribution in [3.63, 3.8) is 0 Å². The minimum Gasteiger partial charge on any atom is -0.345 e. The van der Waals surface area contributed by atoms with Crippen molar-refractivity contribution in [1.82, 2.24) is 9.97 Å². The molecule has 26 heavy (non-hydrogen) atoms. The van der Waals surface area contributed by atoms with E-state index in [0.717, 1.165) is 30.0 Å². The van der Waals surface area contributed by atoms with Gasteiger partial charge < -0.3 is 4.98 Å². The van der Waals surface area contributed by atoms with Crippen molar-refractivity contribution < 1.29 is 4.79 Å². The first-order valence-electron chi connectivity index (χ1n) is 9.54. The zero-order chi connectivity index (χ0) is 17.8. The first-order chi connectivity index (χ1) is 12.6. The number of carbonyl (C=O) groups excluding carboxylic acids is 1. The van der Waals surface area contributed by atoms with E-state index < -0.39 is 0 Å². The van der Waals surface area contributed by atoms with Gasteiger partial charge in [0.1, 0.15) is 0 Å². The topological polar surface area (TPSA) is 45.8 Å². The lowest BCUT2D eigenvalue weighted by Crippen LogP contribution is -2.56. The number of H-pyrrole nitrogens is 1. The first-order valence-corrected chi connectivity index (χ1v) is 9.92. The summed E-state index contributed by atoms with van der Waals surface area (Å²) in [5.74, 6) is 1.66. The number of allylic oxidation sites excluding steroid dienone is 1. The molecule has 1 aromatic carbocycles. The van der Waals surface area contributed by atoms with E-state index >= 15 is 0 Å². The van der Waals surface area contributed by atoms with Crippen LogP contribution in [0, 0.1) is 17.3 Å². The van der Waals surface area contributed by atoms with Crippen LogP contribution in [-0.2, 0) is 10.2 Å². The predicted octanol–water partition coefficient (Wildman–Crippen LogP) is 5.18. The Kier molecular flexibility index (Phi) is 3.65. The van der Waals surface area contributed by atoms with Gasteiger partial charge in [0.05, 0.1) is 18.2 Å². The van der Waals surface area contributed by atoms with E-state index in [2.05, 4.69) is 22.1 Å². The molecule has 6 rings (SSSR count). The third-order valence-electron chi connectivity index (χ3n) is 6.97. The molecule has 2 atom stereocenters. The molecule has 0 spiro atoms. The summed E-state index contributed by atoms with van der Waals surface area (Å²) in [6.45, 7) is 0. The molecule has 4 heteroatoms. The van der Waals surface area contributed by atoms with Gasteiger partial charge in [0.25, 0.3) is 0 Å². The van der Waals surface area contributed by atoms with Gasteiger partial charge in [-0.3, -0.25) is 4.79 Å². The van der Waals surface area contributed by atoms with Gasteiger partial charge in [0, 0.05) is 10.4 Å². The monoisotopic (exact) mass is 366 g/mol. The number of aromatic nitrogens is 2. The SMILES string of the molecule is O=C(C=Cc1cnc[nH]1)C12CC3CC(C1)CC(c1ccc(Cl)cc1)(C3)C2. The standard InChI is InChI=1S/C22H23ClN2O/c23-18-3-1-17(2-4-18)21-8-15-7-16(9-21)11-22(10-15,13-21)20(26)6-5-19-12-24-14-25-19/h1-6,12,14-16H,7-11,13H2,(H,24,25). The molecular weight excluding hydrogens is 344 g/mol. The van der Waals surface area contributed by atoms with Crippen LogP contribution in [0.15, 0.2) is 42.9 Å². The van der Waals surface area contributed by atoms with Crippen molar-refractivity contribution in [1.29, 1.82) is 0 Å². The lowest BCUT2D eigenvalue weighted by atomic mass is 9.42. The van der Waals surface area contributed by atoms with Crippen LogP contribution in [0.25, 0.3) is 6.08 Å². The summed E-state index contributed by atoms with van der Waals surface area (Å²) in [5, 5.41) is 0.784. The molecule has 4 fully saturated rings. The Morgan fingerprint density at radius 2 is 1.88 bits per heavy atom. The molecule has 0 radical (unpaired) electrons. The minimum atomic E-state index is -0.180. The Balaban J connectivity index is 1.48. The van der Waals surface area contributed by atoms with Crippen molar-refractivity contribution in [3.8, 4) is 0 Å². The number of ketones is 1. The number of nitrogens with zero attached hydrogens (tertiary/aromatic N) is 1. The summed E-state index contributed by atoms with van der Waals surface area (Å²) in [6, 6.07) is 8.38. The van der Waals surface area contributed by atoms with Crippen LogP contribution in [0.5, 0.6) is 0 Å². The Hall–Kier alpha value is -1.87. The molecule has 134 valence electrons. The molecule has 1 N–H and O–H groups in total. The molecule has 0 aliphatic heterocycles. The summed E-state index contributed by atoms with van der Waals surface area (Å²) in [4.78, 5) is 20.3. The average Bonchev–Trinajstić information content (AvgIpc) is 3.12. The van der Waals surface area contributed by atoms with Gasteiger partial charge in [-0.25, -0.2) is 4.98 Å². The number of hydrogen-bond acceptors (Lipinski definition) is 2. The lowest BCUT2D eigenvalue weighted by molar-refractivity contribution is -0.141. The normalized spacial score (nSPS) is 35.3. The number of nitrogens with one attached hydrogen (secondary N) is 1. The third-order valence-corrected chi connectivity index (χ3v) is 7.23. The molecule has 4 bridgehead atoms. The van der Waals surface area contributed by atoms with Crippen molar-refractivity contribution in [2.24, 2.45) is 17.3 Å². The number of aromatic amines is 1. The Morgan fingerprint density at radius 1 is 1.15 bits per heavy atom. The summed E-state index contributed by atoms with van der Waals surface area (Å²) < 4.78 is 0. The van der Waals surface area contributed by atoms with E-state index in [1.807, 2.05) is 18.2 Å². The van der Waals surface area contributed by atoms with Crippen molar-refractivity contribution in [2.45, 2.75) is 43.9 Å².